The van der Waals surface area contributed by atoms with Gasteiger partial charge in [0.05, 0.1) is 5.41 Å². The molecule has 24 heavy (non-hydrogen) atoms. The van der Waals surface area contributed by atoms with Crippen molar-refractivity contribution < 1.29 is 9.59 Å². The van der Waals surface area contributed by atoms with Crippen molar-refractivity contribution in [2.24, 2.45) is 0 Å². The summed E-state index contributed by atoms with van der Waals surface area (Å²) >= 11 is 0. The summed E-state index contributed by atoms with van der Waals surface area (Å²) in [5, 5.41) is 2.95. The van der Waals surface area contributed by atoms with Crippen LogP contribution in [0.5, 0.6) is 0 Å². The number of carbonyl (C=O) groups is 2. The van der Waals surface area contributed by atoms with E-state index in [1.54, 1.807) is 18.0 Å². The lowest BCUT2D eigenvalue weighted by Crippen LogP contribution is -2.33. The number of fused-ring (bicyclic) bond motifs is 1. The fraction of sp³-hybridized carbons (Fsp3) is 0.300. The number of rotatable bonds is 4. The molecule has 0 fully saturated rings. The number of nitrogens with one attached hydrogen (secondary N) is 1. The maximum Gasteiger partial charge on any atom is 0.251 e. The van der Waals surface area contributed by atoms with E-state index in [4.69, 9.17) is 0 Å². The fourth-order valence-corrected chi connectivity index (χ4v) is 3.18. The molecule has 1 N–H and O–H groups in total. The Bertz CT molecular complexity index is 781. The van der Waals surface area contributed by atoms with Crippen molar-refractivity contribution in [1.29, 1.82) is 0 Å². The Balaban J connectivity index is 1.71. The van der Waals surface area contributed by atoms with Crippen LogP contribution in [0.4, 0.5) is 5.69 Å². The molecule has 0 spiro atoms. The number of hydrogen-bond donors (Lipinski definition) is 1. The molecule has 0 bridgehead atoms. The number of amides is 2. The topological polar surface area (TPSA) is 49.4 Å². The number of carbonyl (C=O) groups excluding carboxylic acids is 2. The van der Waals surface area contributed by atoms with E-state index in [2.05, 4.69) is 5.32 Å². The van der Waals surface area contributed by atoms with E-state index in [1.165, 1.54) is 5.56 Å². The molecule has 1 heterocycles. The average Bonchev–Trinajstić information content (AvgIpc) is 2.76. The summed E-state index contributed by atoms with van der Waals surface area (Å²) in [5.41, 5.74) is 2.99. The molecule has 0 aromatic heterocycles. The Hall–Kier alpha value is -2.62. The molecular weight excluding hydrogens is 300 g/mol. The summed E-state index contributed by atoms with van der Waals surface area (Å²) < 4.78 is 0. The number of hydrogen-bond acceptors (Lipinski definition) is 2. The normalized spacial score (nSPS) is 15.3. The molecule has 4 heteroatoms. The molecule has 0 saturated heterocycles. The summed E-state index contributed by atoms with van der Waals surface area (Å²) in [6.07, 6.45) is 0.796. The lowest BCUT2D eigenvalue weighted by molar-refractivity contribution is -0.121. The van der Waals surface area contributed by atoms with Gasteiger partial charge in [-0.05, 0) is 49.6 Å². The first-order valence-electron chi connectivity index (χ1n) is 8.16. The van der Waals surface area contributed by atoms with Crippen molar-refractivity contribution in [3.63, 3.8) is 0 Å². The van der Waals surface area contributed by atoms with Crippen LogP contribution in [0.3, 0.4) is 0 Å². The highest BCUT2D eigenvalue weighted by atomic mass is 16.2. The highest BCUT2D eigenvalue weighted by molar-refractivity contribution is 6.08. The van der Waals surface area contributed by atoms with Gasteiger partial charge in [0.25, 0.3) is 5.91 Å². The summed E-state index contributed by atoms with van der Waals surface area (Å²) in [6.45, 7) is 4.38. The zero-order valence-electron chi connectivity index (χ0n) is 14.3. The van der Waals surface area contributed by atoms with Gasteiger partial charge in [0, 0.05) is 24.8 Å². The number of benzene rings is 2. The van der Waals surface area contributed by atoms with Crippen LogP contribution in [-0.4, -0.2) is 25.4 Å². The first kappa shape index (κ1) is 16.2. The zero-order chi connectivity index (χ0) is 17.3. The van der Waals surface area contributed by atoms with Crippen molar-refractivity contribution in [3.8, 4) is 0 Å². The second kappa shape index (κ2) is 6.11. The van der Waals surface area contributed by atoms with Gasteiger partial charge in [0.1, 0.15) is 0 Å². The first-order valence-corrected chi connectivity index (χ1v) is 8.16. The molecule has 0 atom stereocenters. The number of likely N-dealkylation sites (N-methyl/N-ethyl adjacent to an activating group) is 1. The third-order valence-corrected chi connectivity index (χ3v) is 4.67. The van der Waals surface area contributed by atoms with Crippen molar-refractivity contribution in [2.75, 3.05) is 18.5 Å². The predicted molar refractivity (Wildman–Crippen MR) is 95.4 cm³/mol. The van der Waals surface area contributed by atoms with Gasteiger partial charge in [0.15, 0.2) is 0 Å². The SMILES string of the molecule is CN1C(=O)C(C)(C)c2cc(C(=O)NCCc3ccccc3)ccc21. The minimum atomic E-state index is -0.593. The van der Waals surface area contributed by atoms with Crippen molar-refractivity contribution >= 4 is 17.5 Å². The lowest BCUT2D eigenvalue weighted by Gasteiger charge is -2.16. The Morgan fingerprint density at radius 3 is 2.54 bits per heavy atom. The molecule has 4 nitrogen and oxygen atoms in total. The molecule has 0 aliphatic carbocycles. The largest absolute Gasteiger partial charge is 0.352 e. The second-order valence-corrected chi connectivity index (χ2v) is 6.71. The zero-order valence-corrected chi connectivity index (χ0v) is 14.3. The number of anilines is 1. The van der Waals surface area contributed by atoms with Crippen LogP contribution in [0.1, 0.15) is 35.3 Å². The van der Waals surface area contributed by atoms with Gasteiger partial charge in [-0.25, -0.2) is 0 Å². The molecule has 0 unspecified atom stereocenters. The highest BCUT2D eigenvalue weighted by Gasteiger charge is 2.42. The average molecular weight is 322 g/mol. The van der Waals surface area contributed by atoms with E-state index in [1.807, 2.05) is 56.3 Å². The molecule has 124 valence electrons. The van der Waals surface area contributed by atoms with Gasteiger partial charge >= 0.3 is 0 Å². The Morgan fingerprint density at radius 1 is 1.12 bits per heavy atom. The van der Waals surface area contributed by atoms with E-state index >= 15 is 0 Å². The van der Waals surface area contributed by atoms with Gasteiger partial charge in [-0.15, -0.1) is 0 Å². The van der Waals surface area contributed by atoms with Gasteiger partial charge < -0.3 is 10.2 Å². The summed E-state index contributed by atoms with van der Waals surface area (Å²) in [7, 11) is 1.77. The molecule has 3 rings (SSSR count). The van der Waals surface area contributed by atoms with E-state index in [0.29, 0.717) is 12.1 Å². The van der Waals surface area contributed by atoms with Crippen LogP contribution >= 0.6 is 0 Å². The van der Waals surface area contributed by atoms with E-state index in [0.717, 1.165) is 17.7 Å². The smallest absolute Gasteiger partial charge is 0.251 e. The van der Waals surface area contributed by atoms with Crippen LogP contribution in [0.2, 0.25) is 0 Å². The fourth-order valence-electron chi connectivity index (χ4n) is 3.18. The molecule has 2 aromatic carbocycles. The maximum absolute atomic E-state index is 12.4. The number of nitrogens with zero attached hydrogens (tertiary/aromatic N) is 1. The molecule has 2 aromatic rings. The first-order chi connectivity index (χ1) is 11.4. The van der Waals surface area contributed by atoms with E-state index in [9.17, 15) is 9.59 Å². The predicted octanol–water partition coefficient (Wildman–Crippen LogP) is 2.91. The molecule has 2 amide bonds. The third-order valence-electron chi connectivity index (χ3n) is 4.67. The molecule has 0 radical (unpaired) electrons. The van der Waals surface area contributed by atoms with Crippen LogP contribution in [-0.2, 0) is 16.6 Å². The van der Waals surface area contributed by atoms with Crippen LogP contribution in [0, 0.1) is 0 Å². The lowest BCUT2D eigenvalue weighted by atomic mass is 9.85. The van der Waals surface area contributed by atoms with Crippen LogP contribution < -0.4 is 10.2 Å². The Labute approximate surface area is 142 Å². The molecule has 1 aliphatic heterocycles. The minimum Gasteiger partial charge on any atom is -0.352 e. The van der Waals surface area contributed by atoms with Crippen molar-refractivity contribution in [1.82, 2.24) is 5.32 Å². The summed E-state index contributed by atoms with van der Waals surface area (Å²) in [5.74, 6) is -0.0503. The maximum atomic E-state index is 12.4. The minimum absolute atomic E-state index is 0.0548. The van der Waals surface area contributed by atoms with Crippen LogP contribution in [0.25, 0.3) is 0 Å². The van der Waals surface area contributed by atoms with E-state index < -0.39 is 5.41 Å². The van der Waals surface area contributed by atoms with Gasteiger partial charge in [-0.1, -0.05) is 30.3 Å². The standard InChI is InChI=1S/C20H22N2O2/c1-20(2)16-13-15(9-10-17(16)22(3)19(20)24)18(23)21-12-11-14-7-5-4-6-8-14/h4-10,13H,11-12H2,1-3H3,(H,21,23). The van der Waals surface area contributed by atoms with Gasteiger partial charge in [-0.2, -0.15) is 0 Å². The van der Waals surface area contributed by atoms with Crippen LogP contribution in [0.15, 0.2) is 48.5 Å². The monoisotopic (exact) mass is 322 g/mol. The van der Waals surface area contributed by atoms with Crippen molar-refractivity contribution in [3.05, 3.63) is 65.2 Å². The third kappa shape index (κ3) is 2.80. The van der Waals surface area contributed by atoms with Crippen molar-refractivity contribution in [2.45, 2.75) is 25.7 Å². The Morgan fingerprint density at radius 2 is 1.83 bits per heavy atom. The van der Waals surface area contributed by atoms with Gasteiger partial charge in [-0.3, -0.25) is 9.59 Å². The summed E-state index contributed by atoms with van der Waals surface area (Å²) in [6, 6.07) is 15.5. The molecule has 1 aliphatic rings. The van der Waals surface area contributed by atoms with E-state index in [-0.39, 0.29) is 11.8 Å². The Kier molecular flexibility index (Phi) is 4.14. The second-order valence-electron chi connectivity index (χ2n) is 6.71. The highest BCUT2D eigenvalue weighted by Crippen LogP contribution is 2.40. The van der Waals surface area contributed by atoms with Gasteiger partial charge in [0.2, 0.25) is 5.91 Å². The quantitative estimate of drug-likeness (QED) is 0.941. The molecule has 0 saturated carbocycles. The summed E-state index contributed by atoms with van der Waals surface area (Å²) in [4.78, 5) is 26.4. The molecular formula is C20H22N2O2.